The summed E-state index contributed by atoms with van der Waals surface area (Å²) in [6.45, 7) is 4.21. The summed E-state index contributed by atoms with van der Waals surface area (Å²) in [7, 11) is 0. The SMILES string of the molecule is CCCc1c(NN)ncnc1Oc1ccc(CC)cc1. The molecule has 0 saturated carbocycles. The van der Waals surface area contributed by atoms with Gasteiger partial charge in [-0.3, -0.25) is 0 Å². The van der Waals surface area contributed by atoms with Crippen molar-refractivity contribution in [1.29, 1.82) is 0 Å². The third kappa shape index (κ3) is 3.24. The molecule has 5 nitrogen and oxygen atoms in total. The molecule has 0 aliphatic rings. The minimum absolute atomic E-state index is 0.555. The fourth-order valence-electron chi connectivity index (χ4n) is 1.99. The summed E-state index contributed by atoms with van der Waals surface area (Å²) in [6.07, 6.45) is 4.23. The van der Waals surface area contributed by atoms with E-state index >= 15 is 0 Å². The number of ether oxygens (including phenoxy) is 1. The van der Waals surface area contributed by atoms with Crippen molar-refractivity contribution in [3.63, 3.8) is 0 Å². The van der Waals surface area contributed by atoms with Crippen molar-refractivity contribution < 1.29 is 4.74 Å². The quantitative estimate of drug-likeness (QED) is 0.624. The molecule has 0 fully saturated rings. The molecule has 0 bridgehead atoms. The molecular weight excluding hydrogens is 252 g/mol. The Hall–Kier alpha value is -2.14. The van der Waals surface area contributed by atoms with Crippen LogP contribution in [0.2, 0.25) is 0 Å². The van der Waals surface area contributed by atoms with E-state index in [2.05, 4.69) is 41.4 Å². The monoisotopic (exact) mass is 272 g/mol. The Kier molecular flexibility index (Phi) is 4.90. The normalized spacial score (nSPS) is 10.3. The molecule has 106 valence electrons. The van der Waals surface area contributed by atoms with E-state index in [1.54, 1.807) is 0 Å². The highest BCUT2D eigenvalue weighted by atomic mass is 16.5. The number of aromatic nitrogens is 2. The van der Waals surface area contributed by atoms with Gasteiger partial charge < -0.3 is 10.2 Å². The van der Waals surface area contributed by atoms with Crippen LogP contribution in [0.1, 0.15) is 31.4 Å². The minimum Gasteiger partial charge on any atom is -0.439 e. The number of nitrogens with one attached hydrogen (secondary N) is 1. The lowest BCUT2D eigenvalue weighted by Gasteiger charge is -2.12. The van der Waals surface area contributed by atoms with Gasteiger partial charge in [-0.25, -0.2) is 15.8 Å². The molecule has 0 saturated heterocycles. The van der Waals surface area contributed by atoms with E-state index in [4.69, 9.17) is 10.6 Å². The first-order valence-electron chi connectivity index (χ1n) is 6.85. The van der Waals surface area contributed by atoms with Gasteiger partial charge in [0, 0.05) is 0 Å². The average molecular weight is 272 g/mol. The van der Waals surface area contributed by atoms with E-state index in [1.807, 2.05) is 12.1 Å². The number of hydrazine groups is 1. The Balaban J connectivity index is 2.27. The Morgan fingerprint density at radius 1 is 1.15 bits per heavy atom. The van der Waals surface area contributed by atoms with Crippen LogP contribution < -0.4 is 16.0 Å². The fraction of sp³-hybridized carbons (Fsp3) is 0.333. The zero-order valence-corrected chi connectivity index (χ0v) is 11.9. The smallest absolute Gasteiger partial charge is 0.227 e. The van der Waals surface area contributed by atoms with Gasteiger partial charge in [0.1, 0.15) is 17.9 Å². The van der Waals surface area contributed by atoms with Gasteiger partial charge >= 0.3 is 0 Å². The first-order valence-corrected chi connectivity index (χ1v) is 6.85. The highest BCUT2D eigenvalue weighted by Crippen LogP contribution is 2.27. The van der Waals surface area contributed by atoms with Gasteiger partial charge in [-0.05, 0) is 30.5 Å². The molecule has 20 heavy (non-hydrogen) atoms. The van der Waals surface area contributed by atoms with Crippen LogP contribution in [-0.4, -0.2) is 9.97 Å². The fourth-order valence-corrected chi connectivity index (χ4v) is 1.99. The second-order valence-corrected chi connectivity index (χ2v) is 4.50. The predicted molar refractivity (Wildman–Crippen MR) is 79.7 cm³/mol. The van der Waals surface area contributed by atoms with Crippen LogP contribution in [0, 0.1) is 0 Å². The molecule has 0 atom stereocenters. The van der Waals surface area contributed by atoms with Crippen molar-refractivity contribution in [2.24, 2.45) is 5.84 Å². The van der Waals surface area contributed by atoms with Crippen molar-refractivity contribution >= 4 is 5.82 Å². The minimum atomic E-state index is 0.555. The van der Waals surface area contributed by atoms with Crippen LogP contribution >= 0.6 is 0 Å². The van der Waals surface area contributed by atoms with Crippen LogP contribution in [0.3, 0.4) is 0 Å². The molecule has 2 rings (SSSR count). The predicted octanol–water partition coefficient (Wildman–Crippen LogP) is 3.07. The van der Waals surface area contributed by atoms with Gasteiger partial charge in [-0.15, -0.1) is 0 Å². The number of anilines is 1. The van der Waals surface area contributed by atoms with Crippen molar-refractivity contribution in [3.05, 3.63) is 41.7 Å². The molecule has 1 aromatic heterocycles. The molecule has 1 heterocycles. The van der Waals surface area contributed by atoms with Gasteiger partial charge in [0.25, 0.3) is 0 Å². The zero-order valence-electron chi connectivity index (χ0n) is 11.9. The second-order valence-electron chi connectivity index (χ2n) is 4.50. The molecule has 0 unspecified atom stereocenters. The number of hydrogen-bond donors (Lipinski definition) is 2. The lowest BCUT2D eigenvalue weighted by atomic mass is 10.1. The van der Waals surface area contributed by atoms with Crippen molar-refractivity contribution in [2.45, 2.75) is 33.1 Å². The van der Waals surface area contributed by atoms with Crippen molar-refractivity contribution in [3.8, 4) is 11.6 Å². The Labute approximate surface area is 119 Å². The van der Waals surface area contributed by atoms with Crippen LogP contribution in [0.25, 0.3) is 0 Å². The van der Waals surface area contributed by atoms with Crippen molar-refractivity contribution in [2.75, 3.05) is 5.43 Å². The summed E-state index contributed by atoms with van der Waals surface area (Å²) in [6, 6.07) is 8.01. The highest BCUT2D eigenvalue weighted by molar-refractivity contribution is 5.49. The maximum atomic E-state index is 5.86. The van der Waals surface area contributed by atoms with Gasteiger partial charge in [-0.1, -0.05) is 32.4 Å². The number of rotatable bonds is 6. The number of nitrogens with zero attached hydrogens (tertiary/aromatic N) is 2. The number of hydrogen-bond acceptors (Lipinski definition) is 5. The van der Waals surface area contributed by atoms with Crippen LogP contribution in [-0.2, 0) is 12.8 Å². The first-order chi connectivity index (χ1) is 9.78. The van der Waals surface area contributed by atoms with Crippen LogP contribution in [0.4, 0.5) is 5.82 Å². The molecule has 0 aliphatic heterocycles. The molecule has 5 heteroatoms. The highest BCUT2D eigenvalue weighted by Gasteiger charge is 2.12. The van der Waals surface area contributed by atoms with Gasteiger partial charge in [0.05, 0.1) is 5.56 Å². The number of aryl methyl sites for hydroxylation is 1. The molecule has 3 N–H and O–H groups in total. The number of nitrogens with two attached hydrogens (primary N) is 1. The summed E-state index contributed by atoms with van der Waals surface area (Å²) in [4.78, 5) is 8.33. The number of nitrogen functional groups attached to an aromatic ring is 1. The molecule has 0 amide bonds. The summed E-state index contributed by atoms with van der Waals surface area (Å²) in [5, 5.41) is 0. The van der Waals surface area contributed by atoms with Gasteiger partial charge in [0.15, 0.2) is 0 Å². The van der Waals surface area contributed by atoms with E-state index in [1.165, 1.54) is 11.9 Å². The zero-order chi connectivity index (χ0) is 14.4. The summed E-state index contributed by atoms with van der Waals surface area (Å²) >= 11 is 0. The molecule has 0 radical (unpaired) electrons. The molecule has 1 aromatic carbocycles. The third-order valence-electron chi connectivity index (χ3n) is 3.09. The van der Waals surface area contributed by atoms with Crippen molar-refractivity contribution in [1.82, 2.24) is 9.97 Å². The van der Waals surface area contributed by atoms with Crippen LogP contribution in [0.15, 0.2) is 30.6 Å². The van der Waals surface area contributed by atoms with Gasteiger partial charge in [0.2, 0.25) is 5.88 Å². The lowest BCUT2D eigenvalue weighted by Crippen LogP contribution is -2.12. The first kappa shape index (κ1) is 14.3. The molecule has 2 aromatic rings. The standard InChI is InChI=1S/C15H20N4O/c1-3-5-13-14(19-16)17-10-18-15(13)20-12-8-6-11(4-2)7-9-12/h6-10H,3-5,16H2,1-2H3,(H,17,18,19). The largest absolute Gasteiger partial charge is 0.439 e. The van der Waals surface area contributed by atoms with E-state index in [0.717, 1.165) is 30.6 Å². The van der Waals surface area contributed by atoms with Crippen LogP contribution in [0.5, 0.6) is 11.6 Å². The second kappa shape index (κ2) is 6.86. The lowest BCUT2D eigenvalue weighted by molar-refractivity contribution is 0.454. The molecule has 0 aliphatic carbocycles. The summed E-state index contributed by atoms with van der Waals surface area (Å²) in [5.74, 6) is 7.42. The maximum absolute atomic E-state index is 5.86. The third-order valence-corrected chi connectivity index (χ3v) is 3.09. The molecule has 0 spiro atoms. The van der Waals surface area contributed by atoms with E-state index in [-0.39, 0.29) is 0 Å². The topological polar surface area (TPSA) is 73.1 Å². The average Bonchev–Trinajstić information content (AvgIpc) is 2.50. The summed E-state index contributed by atoms with van der Waals surface area (Å²) < 4.78 is 5.86. The molecular formula is C15H20N4O. The Bertz CT molecular complexity index is 554. The Morgan fingerprint density at radius 2 is 1.90 bits per heavy atom. The Morgan fingerprint density at radius 3 is 2.50 bits per heavy atom. The summed E-state index contributed by atoms with van der Waals surface area (Å²) in [5.41, 5.74) is 4.77. The van der Waals surface area contributed by atoms with Gasteiger partial charge in [-0.2, -0.15) is 0 Å². The van der Waals surface area contributed by atoms with E-state index in [0.29, 0.717) is 11.7 Å². The number of benzene rings is 1. The maximum Gasteiger partial charge on any atom is 0.227 e. The van der Waals surface area contributed by atoms with E-state index in [9.17, 15) is 0 Å². The van der Waals surface area contributed by atoms with E-state index < -0.39 is 0 Å².